The van der Waals surface area contributed by atoms with E-state index in [1.807, 2.05) is 18.4 Å². The van der Waals surface area contributed by atoms with Crippen molar-refractivity contribution in [2.24, 2.45) is 0 Å². The smallest absolute Gasteiger partial charge is 0.241 e. The zero-order valence-electron chi connectivity index (χ0n) is 12.5. The lowest BCUT2D eigenvalue weighted by Crippen LogP contribution is -2.39. The summed E-state index contributed by atoms with van der Waals surface area (Å²) in [5.41, 5.74) is 0.701. The zero-order valence-corrected chi connectivity index (χ0v) is 13.3. The first-order valence-corrected chi connectivity index (χ1v) is 8.01. The third-order valence-corrected chi connectivity index (χ3v) is 4.56. The van der Waals surface area contributed by atoms with Gasteiger partial charge in [0.1, 0.15) is 0 Å². The number of anilines is 1. The number of thiophene rings is 1. The molecule has 0 radical (unpaired) electrons. The Morgan fingerprint density at radius 3 is 2.82 bits per heavy atom. The second kappa shape index (κ2) is 6.37. The highest BCUT2D eigenvalue weighted by atomic mass is 32.1. The minimum Gasteiger partial charge on any atom is -0.454 e. The molecular weight excluding hydrogens is 300 g/mol. The van der Waals surface area contributed by atoms with Crippen molar-refractivity contribution in [2.75, 3.05) is 12.1 Å². The van der Waals surface area contributed by atoms with E-state index in [0.29, 0.717) is 17.2 Å². The van der Waals surface area contributed by atoms with Crippen molar-refractivity contribution >= 4 is 22.9 Å². The lowest BCUT2D eigenvalue weighted by Gasteiger charge is -2.18. The quantitative estimate of drug-likeness (QED) is 0.889. The Hall–Kier alpha value is -2.05. The number of hydrogen-bond donors (Lipinski definition) is 2. The molecule has 6 heteroatoms. The highest BCUT2D eigenvalue weighted by Crippen LogP contribution is 2.34. The van der Waals surface area contributed by atoms with Gasteiger partial charge in [-0.1, -0.05) is 6.07 Å². The molecular formula is C16H18N2O3S. The van der Waals surface area contributed by atoms with E-state index in [9.17, 15) is 4.79 Å². The molecule has 1 aromatic heterocycles. The molecule has 0 bridgehead atoms. The second-order valence-electron chi connectivity index (χ2n) is 5.18. The molecule has 2 heterocycles. The summed E-state index contributed by atoms with van der Waals surface area (Å²) in [6.45, 7) is 4.13. The summed E-state index contributed by atoms with van der Waals surface area (Å²) in [7, 11) is 0. The Kier molecular flexibility index (Phi) is 4.31. The van der Waals surface area contributed by atoms with Crippen LogP contribution in [0, 0.1) is 0 Å². The normalized spacial score (nSPS) is 15.4. The summed E-state index contributed by atoms with van der Waals surface area (Å²) in [6.07, 6.45) is 0. The van der Waals surface area contributed by atoms with E-state index in [0.717, 1.165) is 0 Å². The molecule has 0 saturated heterocycles. The van der Waals surface area contributed by atoms with Crippen molar-refractivity contribution in [3.63, 3.8) is 0 Å². The molecule has 0 saturated carbocycles. The number of benzene rings is 1. The Morgan fingerprint density at radius 1 is 1.23 bits per heavy atom. The van der Waals surface area contributed by atoms with Crippen LogP contribution in [0.15, 0.2) is 35.7 Å². The summed E-state index contributed by atoms with van der Waals surface area (Å²) >= 11 is 1.68. The molecule has 2 atom stereocenters. The standard InChI is InChI=1S/C16H18N2O3S/c1-10(15-4-3-7-22-15)17-11(2)16(19)18-12-5-6-13-14(8-12)21-9-20-13/h3-8,10-11,17H,9H2,1-2H3,(H,18,19)/t10-,11-/m0/s1. The van der Waals surface area contributed by atoms with Gasteiger partial charge in [-0.25, -0.2) is 0 Å². The molecule has 3 rings (SSSR count). The molecule has 1 aliphatic rings. The average molecular weight is 318 g/mol. The van der Waals surface area contributed by atoms with Crippen molar-refractivity contribution in [2.45, 2.75) is 25.9 Å². The number of ether oxygens (including phenoxy) is 2. The van der Waals surface area contributed by atoms with Crippen LogP contribution in [-0.4, -0.2) is 18.7 Å². The van der Waals surface area contributed by atoms with Crippen LogP contribution in [0.1, 0.15) is 24.8 Å². The maximum Gasteiger partial charge on any atom is 0.241 e. The number of nitrogens with one attached hydrogen (secondary N) is 2. The maximum absolute atomic E-state index is 12.3. The Bertz CT molecular complexity index is 657. The van der Waals surface area contributed by atoms with Crippen molar-refractivity contribution in [1.82, 2.24) is 5.32 Å². The van der Waals surface area contributed by atoms with E-state index in [1.54, 1.807) is 29.5 Å². The SMILES string of the molecule is C[C@H](N[C@@H](C)c1cccs1)C(=O)Nc1ccc2c(c1)OCO2. The van der Waals surface area contributed by atoms with Gasteiger partial charge in [-0.2, -0.15) is 0 Å². The number of rotatable bonds is 5. The molecule has 0 unspecified atom stereocenters. The van der Waals surface area contributed by atoms with Gasteiger partial charge in [-0.05, 0) is 37.4 Å². The topological polar surface area (TPSA) is 59.6 Å². The molecule has 0 spiro atoms. The lowest BCUT2D eigenvalue weighted by atomic mass is 10.2. The van der Waals surface area contributed by atoms with Crippen molar-refractivity contribution < 1.29 is 14.3 Å². The third kappa shape index (κ3) is 3.23. The van der Waals surface area contributed by atoms with Crippen LogP contribution in [0.5, 0.6) is 11.5 Å². The molecule has 0 fully saturated rings. The molecule has 5 nitrogen and oxygen atoms in total. The summed E-state index contributed by atoms with van der Waals surface area (Å²) in [5.74, 6) is 1.28. The van der Waals surface area contributed by atoms with E-state index < -0.39 is 0 Å². The number of amides is 1. The molecule has 116 valence electrons. The molecule has 0 aliphatic carbocycles. The van der Waals surface area contributed by atoms with Gasteiger partial charge in [0.05, 0.1) is 6.04 Å². The number of hydrogen-bond acceptors (Lipinski definition) is 5. The van der Waals surface area contributed by atoms with Gasteiger partial charge in [0.25, 0.3) is 0 Å². The van der Waals surface area contributed by atoms with E-state index in [1.165, 1.54) is 4.88 Å². The van der Waals surface area contributed by atoms with Crippen LogP contribution in [0.3, 0.4) is 0 Å². The van der Waals surface area contributed by atoms with Crippen molar-refractivity contribution in [3.05, 3.63) is 40.6 Å². The van der Waals surface area contributed by atoms with Gasteiger partial charge in [0.15, 0.2) is 11.5 Å². The van der Waals surface area contributed by atoms with Gasteiger partial charge in [-0.15, -0.1) is 11.3 Å². The van der Waals surface area contributed by atoms with Gasteiger partial charge in [0, 0.05) is 22.7 Å². The first-order chi connectivity index (χ1) is 10.6. The molecule has 22 heavy (non-hydrogen) atoms. The van der Waals surface area contributed by atoms with E-state index >= 15 is 0 Å². The highest BCUT2D eigenvalue weighted by Gasteiger charge is 2.18. The fourth-order valence-electron chi connectivity index (χ4n) is 2.30. The average Bonchev–Trinajstić information content (AvgIpc) is 3.18. The van der Waals surface area contributed by atoms with E-state index in [4.69, 9.17) is 9.47 Å². The summed E-state index contributed by atoms with van der Waals surface area (Å²) < 4.78 is 10.6. The summed E-state index contributed by atoms with van der Waals surface area (Å²) in [6, 6.07) is 9.28. The Morgan fingerprint density at radius 2 is 2.05 bits per heavy atom. The molecule has 1 aliphatic heterocycles. The van der Waals surface area contributed by atoms with Crippen LogP contribution in [0.4, 0.5) is 5.69 Å². The van der Waals surface area contributed by atoms with Crippen LogP contribution >= 0.6 is 11.3 Å². The third-order valence-electron chi connectivity index (χ3n) is 3.50. The maximum atomic E-state index is 12.3. The lowest BCUT2D eigenvalue weighted by molar-refractivity contribution is -0.117. The van der Waals surface area contributed by atoms with Crippen molar-refractivity contribution in [3.8, 4) is 11.5 Å². The molecule has 2 N–H and O–H groups in total. The number of carbonyl (C=O) groups is 1. The predicted molar refractivity (Wildman–Crippen MR) is 86.5 cm³/mol. The fourth-order valence-corrected chi connectivity index (χ4v) is 3.04. The highest BCUT2D eigenvalue weighted by molar-refractivity contribution is 7.10. The zero-order chi connectivity index (χ0) is 15.5. The van der Waals surface area contributed by atoms with Gasteiger partial charge in [-0.3, -0.25) is 10.1 Å². The van der Waals surface area contributed by atoms with Gasteiger partial charge >= 0.3 is 0 Å². The van der Waals surface area contributed by atoms with E-state index in [2.05, 4.69) is 23.6 Å². The monoisotopic (exact) mass is 318 g/mol. The largest absolute Gasteiger partial charge is 0.454 e. The first kappa shape index (κ1) is 14.9. The van der Waals surface area contributed by atoms with Crippen molar-refractivity contribution in [1.29, 1.82) is 0 Å². The van der Waals surface area contributed by atoms with Crippen LogP contribution in [0.25, 0.3) is 0 Å². The molecule has 1 aromatic carbocycles. The van der Waals surface area contributed by atoms with Gasteiger partial charge < -0.3 is 14.8 Å². The van der Waals surface area contributed by atoms with E-state index in [-0.39, 0.29) is 24.8 Å². The Labute approximate surface area is 133 Å². The minimum absolute atomic E-state index is 0.0812. The van der Waals surface area contributed by atoms with Crippen LogP contribution < -0.4 is 20.1 Å². The second-order valence-corrected chi connectivity index (χ2v) is 6.16. The molecule has 2 aromatic rings. The van der Waals surface area contributed by atoms with Crippen LogP contribution in [-0.2, 0) is 4.79 Å². The summed E-state index contributed by atoms with van der Waals surface area (Å²) in [5, 5.41) is 8.22. The summed E-state index contributed by atoms with van der Waals surface area (Å²) in [4.78, 5) is 13.5. The predicted octanol–water partition coefficient (Wildman–Crippen LogP) is 3.15. The van der Waals surface area contributed by atoms with Gasteiger partial charge in [0.2, 0.25) is 12.7 Å². The first-order valence-electron chi connectivity index (χ1n) is 7.13. The number of fused-ring (bicyclic) bond motifs is 1. The minimum atomic E-state index is -0.303. The molecule has 1 amide bonds. The fraction of sp³-hybridized carbons (Fsp3) is 0.312. The Balaban J connectivity index is 1.59. The number of carbonyl (C=O) groups excluding carboxylic acids is 1. The van der Waals surface area contributed by atoms with Crippen LogP contribution in [0.2, 0.25) is 0 Å².